The number of H-pyrrole nitrogens is 1. The highest BCUT2D eigenvalue weighted by Gasteiger charge is 2.11. The first kappa shape index (κ1) is 28.2. The summed E-state index contributed by atoms with van der Waals surface area (Å²) in [6, 6.07) is 11.6. The number of nitrogens with zero attached hydrogens (tertiary/aromatic N) is 3. The summed E-state index contributed by atoms with van der Waals surface area (Å²) in [5.74, 6) is -0.766. The molecular weight excluding hydrogens is 520 g/mol. The van der Waals surface area contributed by atoms with E-state index >= 15 is 0 Å². The number of rotatable bonds is 11. The van der Waals surface area contributed by atoms with E-state index in [1.807, 2.05) is 0 Å². The Morgan fingerprint density at radius 1 is 1.15 bits per heavy atom. The predicted molar refractivity (Wildman–Crippen MR) is 147 cm³/mol. The standard InChI is InChI=1S/C29H29F2N5O4/c1-35(2)28(38)9-5-3-4-8-27(37)34-24-7-6-14-36(29(24)39)17-26-32-23-13-12-21(16-25(23)33-26)40-18-19-10-11-20(30)15-22(19)31/h5-7,9-16H,3-4,8,17-18H2,1-2H3,(H,32,33)(H,34,37)/b9-5+. The number of halogens is 2. The van der Waals surface area contributed by atoms with Crippen molar-refractivity contribution in [3.05, 3.63) is 100 Å². The van der Waals surface area contributed by atoms with Crippen LogP contribution in [0.4, 0.5) is 14.5 Å². The highest BCUT2D eigenvalue weighted by molar-refractivity contribution is 5.90. The van der Waals surface area contributed by atoms with Gasteiger partial charge in [-0.05, 0) is 55.3 Å². The minimum atomic E-state index is -0.681. The zero-order valence-corrected chi connectivity index (χ0v) is 22.1. The van der Waals surface area contributed by atoms with Crippen molar-refractivity contribution in [2.45, 2.75) is 32.4 Å². The van der Waals surface area contributed by atoms with Gasteiger partial charge in [0.1, 0.15) is 35.5 Å². The van der Waals surface area contributed by atoms with Crippen molar-refractivity contribution in [3.8, 4) is 5.75 Å². The van der Waals surface area contributed by atoms with E-state index < -0.39 is 11.6 Å². The maximum Gasteiger partial charge on any atom is 0.274 e. The molecule has 4 aromatic rings. The molecule has 2 amide bonds. The van der Waals surface area contributed by atoms with E-state index in [1.165, 1.54) is 27.7 Å². The first-order valence-electron chi connectivity index (χ1n) is 12.6. The van der Waals surface area contributed by atoms with Crippen LogP contribution in [0.3, 0.4) is 0 Å². The van der Waals surface area contributed by atoms with Crippen LogP contribution in [0, 0.1) is 11.6 Å². The van der Waals surface area contributed by atoms with Gasteiger partial charge in [0.25, 0.3) is 5.56 Å². The van der Waals surface area contributed by atoms with Crippen molar-refractivity contribution >= 4 is 28.5 Å². The van der Waals surface area contributed by atoms with Crippen molar-refractivity contribution < 1.29 is 23.1 Å². The van der Waals surface area contributed by atoms with Crippen LogP contribution in [0.25, 0.3) is 11.0 Å². The molecule has 208 valence electrons. The number of unbranched alkanes of at least 4 members (excludes halogenated alkanes) is 1. The van der Waals surface area contributed by atoms with Crippen LogP contribution < -0.4 is 15.6 Å². The molecule has 2 N–H and O–H groups in total. The van der Waals surface area contributed by atoms with Crippen molar-refractivity contribution in [2.75, 3.05) is 19.4 Å². The largest absolute Gasteiger partial charge is 0.489 e. The third-order valence-corrected chi connectivity index (χ3v) is 6.00. The molecule has 0 bridgehead atoms. The number of likely N-dealkylation sites (N-methyl/N-ethyl adjacent to an activating group) is 1. The number of benzene rings is 2. The molecule has 40 heavy (non-hydrogen) atoms. The molecule has 2 aromatic carbocycles. The lowest BCUT2D eigenvalue weighted by molar-refractivity contribution is -0.123. The van der Waals surface area contributed by atoms with Gasteiger partial charge in [-0.2, -0.15) is 0 Å². The molecule has 2 aromatic heterocycles. The fourth-order valence-corrected chi connectivity index (χ4v) is 3.85. The summed E-state index contributed by atoms with van der Waals surface area (Å²) >= 11 is 0. The first-order chi connectivity index (χ1) is 19.2. The van der Waals surface area contributed by atoms with Gasteiger partial charge in [0.05, 0.1) is 17.6 Å². The minimum absolute atomic E-state index is 0.0701. The molecule has 0 unspecified atom stereocenters. The molecule has 0 fully saturated rings. The summed E-state index contributed by atoms with van der Waals surface area (Å²) in [4.78, 5) is 45.9. The Labute approximate surface area is 229 Å². The number of ether oxygens (including phenoxy) is 1. The smallest absolute Gasteiger partial charge is 0.274 e. The molecule has 0 aliphatic rings. The molecule has 11 heteroatoms. The van der Waals surface area contributed by atoms with Gasteiger partial charge in [0, 0.05) is 44.4 Å². The topological polar surface area (TPSA) is 109 Å². The quantitative estimate of drug-likeness (QED) is 0.213. The van der Waals surface area contributed by atoms with E-state index in [0.717, 1.165) is 6.07 Å². The second-order valence-electron chi connectivity index (χ2n) is 9.32. The zero-order chi connectivity index (χ0) is 28.6. The number of hydrogen-bond donors (Lipinski definition) is 2. The zero-order valence-electron chi connectivity index (χ0n) is 22.1. The molecule has 4 rings (SSSR count). The summed E-state index contributed by atoms with van der Waals surface area (Å²) in [6.07, 6.45) is 6.09. The number of aromatic amines is 1. The lowest BCUT2D eigenvalue weighted by atomic mass is 10.2. The molecule has 0 saturated carbocycles. The average molecular weight is 550 g/mol. The van der Waals surface area contributed by atoms with Crippen molar-refractivity contribution in [2.24, 2.45) is 0 Å². The van der Waals surface area contributed by atoms with Gasteiger partial charge in [0.15, 0.2) is 0 Å². The number of amides is 2. The highest BCUT2D eigenvalue weighted by Crippen LogP contribution is 2.21. The third kappa shape index (κ3) is 7.40. The van der Waals surface area contributed by atoms with Crippen molar-refractivity contribution in [1.82, 2.24) is 19.4 Å². The SMILES string of the molecule is CN(C)C(=O)/C=C/CCCC(=O)Nc1cccn(Cc2nc3ccc(OCc4ccc(F)cc4F)cc3[nH]2)c1=O. The number of pyridine rings is 1. The van der Waals surface area contributed by atoms with Gasteiger partial charge in [0.2, 0.25) is 11.8 Å². The molecule has 9 nitrogen and oxygen atoms in total. The molecule has 0 atom stereocenters. The first-order valence-corrected chi connectivity index (χ1v) is 12.6. The van der Waals surface area contributed by atoms with Crippen LogP contribution in [0.2, 0.25) is 0 Å². The maximum absolute atomic E-state index is 13.9. The summed E-state index contributed by atoms with van der Waals surface area (Å²) in [6.45, 7) is 0.0677. The second-order valence-corrected chi connectivity index (χ2v) is 9.32. The van der Waals surface area contributed by atoms with E-state index in [9.17, 15) is 23.2 Å². The van der Waals surface area contributed by atoms with Crippen LogP contribution in [0.5, 0.6) is 5.75 Å². The Morgan fingerprint density at radius 3 is 2.75 bits per heavy atom. The second kappa shape index (κ2) is 12.8. The van der Waals surface area contributed by atoms with Gasteiger partial charge in [-0.15, -0.1) is 0 Å². The van der Waals surface area contributed by atoms with Gasteiger partial charge in [-0.25, -0.2) is 13.8 Å². The van der Waals surface area contributed by atoms with Gasteiger partial charge in [-0.1, -0.05) is 6.08 Å². The number of anilines is 1. The van der Waals surface area contributed by atoms with Gasteiger partial charge >= 0.3 is 0 Å². The number of nitrogens with one attached hydrogen (secondary N) is 2. The molecule has 0 saturated heterocycles. The number of hydrogen-bond acceptors (Lipinski definition) is 5. The summed E-state index contributed by atoms with van der Waals surface area (Å²) in [5, 5.41) is 2.66. The Morgan fingerprint density at radius 2 is 1.98 bits per heavy atom. The van der Waals surface area contributed by atoms with Crippen LogP contribution in [-0.2, 0) is 22.7 Å². The van der Waals surface area contributed by atoms with Crippen LogP contribution in [0.15, 0.2) is 71.7 Å². The van der Waals surface area contributed by atoms with Crippen molar-refractivity contribution in [1.29, 1.82) is 0 Å². The number of aromatic nitrogens is 3. The number of allylic oxidation sites excluding steroid dienone is 1. The number of carbonyl (C=O) groups is 2. The summed E-state index contributed by atoms with van der Waals surface area (Å²) in [7, 11) is 3.32. The Bertz CT molecular complexity index is 1610. The Balaban J connectivity index is 1.35. The fraction of sp³-hybridized carbons (Fsp3) is 0.241. The van der Waals surface area contributed by atoms with Crippen LogP contribution >= 0.6 is 0 Å². The Kier molecular flexibility index (Phi) is 9.05. The van der Waals surface area contributed by atoms with E-state index in [4.69, 9.17) is 4.74 Å². The molecule has 2 heterocycles. The number of fused-ring (bicyclic) bond motifs is 1. The molecule has 0 spiro atoms. The van der Waals surface area contributed by atoms with Crippen LogP contribution in [0.1, 0.15) is 30.7 Å². The Hall–Kier alpha value is -4.80. The normalized spacial score (nSPS) is 11.2. The minimum Gasteiger partial charge on any atom is -0.489 e. The number of imidazole rings is 1. The molecule has 0 radical (unpaired) electrons. The molecular formula is C29H29F2N5O4. The van der Waals surface area contributed by atoms with E-state index in [1.54, 1.807) is 56.7 Å². The fourth-order valence-electron chi connectivity index (χ4n) is 3.85. The van der Waals surface area contributed by atoms with E-state index in [0.29, 0.717) is 35.4 Å². The third-order valence-electron chi connectivity index (χ3n) is 6.00. The summed E-state index contributed by atoms with van der Waals surface area (Å²) < 4.78 is 34.1. The number of carbonyl (C=O) groups excluding carboxylic acids is 2. The average Bonchev–Trinajstić information content (AvgIpc) is 3.31. The van der Waals surface area contributed by atoms with Gasteiger partial charge in [-0.3, -0.25) is 14.4 Å². The molecule has 0 aliphatic carbocycles. The van der Waals surface area contributed by atoms with Crippen LogP contribution in [-0.4, -0.2) is 45.3 Å². The van der Waals surface area contributed by atoms with E-state index in [-0.39, 0.29) is 48.2 Å². The van der Waals surface area contributed by atoms with E-state index in [2.05, 4.69) is 15.3 Å². The monoisotopic (exact) mass is 549 g/mol. The highest BCUT2D eigenvalue weighted by atomic mass is 19.1. The lowest BCUT2D eigenvalue weighted by Crippen LogP contribution is -2.26. The maximum atomic E-state index is 13.9. The lowest BCUT2D eigenvalue weighted by Gasteiger charge is -2.08. The molecule has 0 aliphatic heterocycles. The predicted octanol–water partition coefficient (Wildman–Crippen LogP) is 4.38. The van der Waals surface area contributed by atoms with Gasteiger partial charge < -0.3 is 24.5 Å². The van der Waals surface area contributed by atoms with Crippen molar-refractivity contribution in [3.63, 3.8) is 0 Å². The summed E-state index contributed by atoms with van der Waals surface area (Å²) in [5.41, 5.74) is 1.32.